The summed E-state index contributed by atoms with van der Waals surface area (Å²) >= 11 is 0. The van der Waals surface area contributed by atoms with Crippen molar-refractivity contribution >= 4 is 0 Å². The Bertz CT molecular complexity index is 457. The Morgan fingerprint density at radius 1 is 1.30 bits per heavy atom. The van der Waals surface area contributed by atoms with Crippen LogP contribution in [0.2, 0.25) is 0 Å². The second-order valence-corrected chi connectivity index (χ2v) is 7.29. The van der Waals surface area contributed by atoms with Crippen molar-refractivity contribution < 1.29 is 0 Å². The van der Waals surface area contributed by atoms with Gasteiger partial charge < -0.3 is 5.32 Å². The van der Waals surface area contributed by atoms with Gasteiger partial charge in [0.1, 0.15) is 0 Å². The predicted molar refractivity (Wildman–Crippen MR) is 81.8 cm³/mol. The molecule has 112 valence electrons. The first-order valence-electron chi connectivity index (χ1n) is 7.98. The maximum atomic E-state index is 4.28. The van der Waals surface area contributed by atoms with Crippen molar-refractivity contribution in [3.05, 3.63) is 18.0 Å². The molecule has 2 aliphatic rings. The Kier molecular flexibility index (Phi) is 3.63. The largest absolute Gasteiger partial charge is 0.309 e. The summed E-state index contributed by atoms with van der Waals surface area (Å²) in [5.74, 6) is 0. The standard InChI is InChI=1S/C16H28N4/c1-15(2)13-20(11-7-14-6-10-18-19(14)3)16(12-17-15)8-4-5-9-16/h6,10,17H,4-5,7-9,11-13H2,1-3H3. The zero-order valence-corrected chi connectivity index (χ0v) is 13.2. The van der Waals surface area contributed by atoms with Gasteiger partial charge in [-0.3, -0.25) is 9.58 Å². The third-order valence-electron chi connectivity index (χ3n) is 5.25. The van der Waals surface area contributed by atoms with Gasteiger partial charge in [-0.15, -0.1) is 0 Å². The number of aromatic nitrogens is 2. The van der Waals surface area contributed by atoms with Crippen LogP contribution in [0.15, 0.2) is 12.3 Å². The molecule has 2 heterocycles. The Morgan fingerprint density at radius 3 is 2.70 bits per heavy atom. The molecule has 0 bridgehead atoms. The van der Waals surface area contributed by atoms with Crippen LogP contribution < -0.4 is 5.32 Å². The summed E-state index contributed by atoms with van der Waals surface area (Å²) in [6, 6.07) is 2.15. The van der Waals surface area contributed by atoms with E-state index in [1.807, 2.05) is 17.9 Å². The fourth-order valence-corrected chi connectivity index (χ4v) is 3.95. The Morgan fingerprint density at radius 2 is 2.05 bits per heavy atom. The highest BCUT2D eigenvalue weighted by Crippen LogP contribution is 2.38. The molecule has 0 unspecified atom stereocenters. The highest BCUT2D eigenvalue weighted by molar-refractivity contribution is 5.07. The lowest BCUT2D eigenvalue weighted by Gasteiger charge is -2.51. The molecule has 4 nitrogen and oxygen atoms in total. The predicted octanol–water partition coefficient (Wildman–Crippen LogP) is 1.96. The lowest BCUT2D eigenvalue weighted by Crippen LogP contribution is -2.67. The number of hydrogen-bond acceptors (Lipinski definition) is 3. The van der Waals surface area contributed by atoms with Crippen molar-refractivity contribution in [3.63, 3.8) is 0 Å². The van der Waals surface area contributed by atoms with Gasteiger partial charge in [0.05, 0.1) is 0 Å². The Labute approximate surface area is 122 Å². The number of piperazine rings is 1. The van der Waals surface area contributed by atoms with Crippen molar-refractivity contribution in [1.82, 2.24) is 20.0 Å². The van der Waals surface area contributed by atoms with Crippen LogP contribution in [0.1, 0.15) is 45.2 Å². The van der Waals surface area contributed by atoms with E-state index in [0.29, 0.717) is 5.54 Å². The molecule has 0 amide bonds. The molecule has 3 rings (SSSR count). The molecular weight excluding hydrogens is 248 g/mol. The summed E-state index contributed by atoms with van der Waals surface area (Å²) in [5, 5.41) is 8.05. The summed E-state index contributed by atoms with van der Waals surface area (Å²) in [6.07, 6.45) is 8.52. The molecule has 0 aromatic carbocycles. The molecule has 1 saturated carbocycles. The highest BCUT2D eigenvalue weighted by Gasteiger charge is 2.45. The van der Waals surface area contributed by atoms with E-state index >= 15 is 0 Å². The first kappa shape index (κ1) is 14.1. The maximum Gasteiger partial charge on any atom is 0.0492 e. The Balaban J connectivity index is 1.71. The molecule has 20 heavy (non-hydrogen) atoms. The smallest absolute Gasteiger partial charge is 0.0492 e. The lowest BCUT2D eigenvalue weighted by molar-refractivity contribution is 0.0196. The van der Waals surface area contributed by atoms with E-state index in [2.05, 4.69) is 35.2 Å². The molecule has 1 saturated heterocycles. The molecule has 1 aliphatic heterocycles. The van der Waals surface area contributed by atoms with Crippen LogP contribution in [0.5, 0.6) is 0 Å². The van der Waals surface area contributed by atoms with Crippen LogP contribution in [0.3, 0.4) is 0 Å². The van der Waals surface area contributed by atoms with Gasteiger partial charge in [-0.25, -0.2) is 0 Å². The van der Waals surface area contributed by atoms with Crippen molar-refractivity contribution in [3.8, 4) is 0 Å². The van der Waals surface area contributed by atoms with Crippen LogP contribution in [-0.4, -0.2) is 45.4 Å². The first-order valence-corrected chi connectivity index (χ1v) is 7.98. The molecule has 2 fully saturated rings. The van der Waals surface area contributed by atoms with Gasteiger partial charge in [0, 0.05) is 56.1 Å². The van der Waals surface area contributed by atoms with Gasteiger partial charge in [-0.1, -0.05) is 12.8 Å². The molecule has 1 N–H and O–H groups in total. The van der Waals surface area contributed by atoms with E-state index in [1.54, 1.807) is 0 Å². The molecule has 1 aromatic heterocycles. The minimum atomic E-state index is 0.236. The van der Waals surface area contributed by atoms with E-state index in [4.69, 9.17) is 0 Å². The lowest BCUT2D eigenvalue weighted by atomic mass is 9.87. The van der Waals surface area contributed by atoms with Crippen molar-refractivity contribution in [2.45, 2.75) is 57.0 Å². The number of rotatable bonds is 3. The second kappa shape index (κ2) is 5.15. The molecule has 0 radical (unpaired) electrons. The Hall–Kier alpha value is -0.870. The fraction of sp³-hybridized carbons (Fsp3) is 0.812. The number of aryl methyl sites for hydroxylation is 1. The van der Waals surface area contributed by atoms with Crippen LogP contribution in [-0.2, 0) is 13.5 Å². The van der Waals surface area contributed by atoms with Gasteiger partial charge in [0.25, 0.3) is 0 Å². The monoisotopic (exact) mass is 276 g/mol. The highest BCUT2D eigenvalue weighted by atomic mass is 15.3. The summed E-state index contributed by atoms with van der Waals surface area (Å²) in [6.45, 7) is 8.12. The number of nitrogens with one attached hydrogen (secondary N) is 1. The summed E-state index contributed by atoms with van der Waals surface area (Å²) < 4.78 is 2.01. The summed E-state index contributed by atoms with van der Waals surface area (Å²) in [4.78, 5) is 2.77. The van der Waals surface area contributed by atoms with Gasteiger partial charge in [0.15, 0.2) is 0 Å². The maximum absolute atomic E-state index is 4.28. The normalized spacial score (nSPS) is 25.4. The molecule has 1 spiro atoms. The van der Waals surface area contributed by atoms with Gasteiger partial charge >= 0.3 is 0 Å². The average Bonchev–Trinajstić information content (AvgIpc) is 3.01. The summed E-state index contributed by atoms with van der Waals surface area (Å²) in [5.41, 5.74) is 2.00. The number of hydrogen-bond donors (Lipinski definition) is 1. The van der Waals surface area contributed by atoms with E-state index < -0.39 is 0 Å². The molecule has 0 atom stereocenters. The average molecular weight is 276 g/mol. The van der Waals surface area contributed by atoms with Gasteiger partial charge in [-0.2, -0.15) is 5.10 Å². The van der Waals surface area contributed by atoms with Crippen LogP contribution in [0, 0.1) is 0 Å². The van der Waals surface area contributed by atoms with Crippen LogP contribution in [0.4, 0.5) is 0 Å². The van der Waals surface area contributed by atoms with E-state index in [0.717, 1.165) is 26.1 Å². The van der Waals surface area contributed by atoms with Crippen molar-refractivity contribution in [2.75, 3.05) is 19.6 Å². The first-order chi connectivity index (χ1) is 9.51. The second-order valence-electron chi connectivity index (χ2n) is 7.29. The topological polar surface area (TPSA) is 33.1 Å². The minimum absolute atomic E-state index is 0.236. The third-order valence-corrected chi connectivity index (χ3v) is 5.25. The van der Waals surface area contributed by atoms with Crippen LogP contribution >= 0.6 is 0 Å². The van der Waals surface area contributed by atoms with Crippen LogP contribution in [0.25, 0.3) is 0 Å². The zero-order valence-electron chi connectivity index (χ0n) is 13.2. The van der Waals surface area contributed by atoms with Gasteiger partial charge in [-0.05, 0) is 32.8 Å². The summed E-state index contributed by atoms with van der Waals surface area (Å²) in [7, 11) is 2.04. The molecule has 1 aliphatic carbocycles. The van der Waals surface area contributed by atoms with E-state index in [-0.39, 0.29) is 5.54 Å². The zero-order chi connectivity index (χ0) is 14.2. The van der Waals surface area contributed by atoms with E-state index in [1.165, 1.54) is 31.4 Å². The minimum Gasteiger partial charge on any atom is -0.309 e. The molecule has 4 heteroatoms. The van der Waals surface area contributed by atoms with Crippen molar-refractivity contribution in [1.29, 1.82) is 0 Å². The van der Waals surface area contributed by atoms with Crippen molar-refractivity contribution in [2.24, 2.45) is 7.05 Å². The molecular formula is C16H28N4. The third kappa shape index (κ3) is 2.63. The molecule has 1 aromatic rings. The van der Waals surface area contributed by atoms with E-state index in [9.17, 15) is 0 Å². The van der Waals surface area contributed by atoms with Gasteiger partial charge in [0.2, 0.25) is 0 Å². The fourth-order valence-electron chi connectivity index (χ4n) is 3.95. The quantitative estimate of drug-likeness (QED) is 0.916. The SMILES string of the molecule is Cn1nccc1CCN1CC(C)(C)NCC12CCCC2. The number of nitrogens with zero attached hydrogens (tertiary/aromatic N) is 3.